The zero-order valence-electron chi connectivity index (χ0n) is 34.1. The number of likely N-dealkylation sites (tertiary alicyclic amines) is 1. The van der Waals surface area contributed by atoms with Gasteiger partial charge in [0, 0.05) is 30.4 Å². The van der Waals surface area contributed by atoms with Gasteiger partial charge >= 0.3 is 6.09 Å². The molecule has 5 amide bonds. The molecule has 1 aliphatic carbocycles. The zero-order valence-corrected chi connectivity index (χ0v) is 34.1. The third-order valence-corrected chi connectivity index (χ3v) is 11.4. The molecular weight excluding hydrogens is 771 g/mol. The third kappa shape index (κ3) is 11.1. The number of carbonyl (C=O) groups excluding carboxylic acids is 6. The number of nitrogens with two attached hydrogens (primary N) is 1. The molecule has 3 heterocycles. The number of hydrogen-bond donors (Lipinski definition) is 6. The molecule has 0 radical (unpaired) electrons. The van der Waals surface area contributed by atoms with Crippen LogP contribution in [0.4, 0.5) is 4.79 Å². The minimum absolute atomic E-state index is 0.0206. The largest absolute Gasteiger partial charge is 0.445 e. The van der Waals surface area contributed by atoms with Gasteiger partial charge in [-0.1, -0.05) is 85.8 Å². The highest BCUT2D eigenvalue weighted by molar-refractivity contribution is 6.37. The molecule has 2 aliphatic rings. The fraction of sp³-hybridized carbons (Fsp3) is 0.488. The lowest BCUT2D eigenvalue weighted by Gasteiger charge is -2.32. The first-order chi connectivity index (χ1) is 28.8. The number of aromatic amines is 1. The van der Waals surface area contributed by atoms with Gasteiger partial charge in [-0.3, -0.25) is 24.0 Å². The monoisotopic (exact) mass is 825 g/mol. The van der Waals surface area contributed by atoms with Crippen LogP contribution in [0.5, 0.6) is 0 Å². The summed E-state index contributed by atoms with van der Waals surface area (Å²) in [4.78, 5) is 85.0. The standard InChI is InChI=1S/C43H55N9O8/c1-43(2,59)36-24-46-50-52(36)30-23-35(40(56)48-32(37(53)38(44)54)19-11-12-20-45-42(58)60-26-28-15-7-4-8-16-28)51(25-30)41(57)34(21-27-13-5-3-6-14-27)49-39(55)33-22-29-17-9-10-18-31(29)47-33/h4,7-10,15-18,22,24,27,30,32,34-35,47,59H,3,5-6,11-14,19-21,23,25-26H2,1-2H3,(H2,44,54)(H,45,58)(H,48,56)(H,49,55)/t30-,32?,34+,35-/m0/s1. The Morgan fingerprint density at radius 1 is 0.967 bits per heavy atom. The number of Topliss-reactive ketones (excluding diaryl/α,β-unsaturated/α-hetero) is 1. The van der Waals surface area contributed by atoms with Gasteiger partial charge in [-0.15, -0.1) is 5.10 Å². The zero-order chi connectivity index (χ0) is 42.8. The van der Waals surface area contributed by atoms with Crippen molar-refractivity contribution in [2.75, 3.05) is 13.1 Å². The molecule has 6 rings (SSSR count). The van der Waals surface area contributed by atoms with Crippen LogP contribution in [0.15, 0.2) is 66.9 Å². The minimum atomic E-state index is -1.36. The van der Waals surface area contributed by atoms with Gasteiger partial charge in [-0.05, 0) is 63.1 Å². The summed E-state index contributed by atoms with van der Waals surface area (Å²) in [6.45, 7) is 3.44. The highest BCUT2D eigenvalue weighted by Crippen LogP contribution is 2.34. The van der Waals surface area contributed by atoms with E-state index in [4.69, 9.17) is 10.5 Å². The van der Waals surface area contributed by atoms with Crippen molar-refractivity contribution in [1.29, 1.82) is 0 Å². The molecular formula is C43H55N9O8. The van der Waals surface area contributed by atoms with Gasteiger partial charge in [0.15, 0.2) is 0 Å². The van der Waals surface area contributed by atoms with Gasteiger partial charge in [-0.2, -0.15) is 0 Å². The number of primary amides is 1. The van der Waals surface area contributed by atoms with Crippen molar-refractivity contribution in [3.8, 4) is 0 Å². The number of alkyl carbamates (subject to hydrolysis) is 1. The molecule has 1 saturated carbocycles. The molecule has 17 heteroatoms. The van der Waals surface area contributed by atoms with Gasteiger partial charge in [0.2, 0.25) is 17.6 Å². The number of aliphatic hydroxyl groups is 1. The summed E-state index contributed by atoms with van der Waals surface area (Å²) < 4.78 is 6.73. The highest BCUT2D eigenvalue weighted by atomic mass is 16.5. The Bertz CT molecular complexity index is 2110. The van der Waals surface area contributed by atoms with E-state index in [9.17, 15) is 33.9 Å². The normalized spacial score (nSPS) is 18.1. The number of nitrogens with one attached hydrogen (secondary N) is 4. The van der Waals surface area contributed by atoms with E-state index < -0.39 is 65.3 Å². The van der Waals surface area contributed by atoms with Crippen LogP contribution >= 0.6 is 0 Å². The number of benzene rings is 2. The first kappa shape index (κ1) is 43.5. The van der Waals surface area contributed by atoms with Gasteiger partial charge in [0.05, 0.1) is 24.0 Å². The molecule has 0 spiro atoms. The van der Waals surface area contributed by atoms with Gasteiger partial charge in [-0.25, -0.2) is 9.48 Å². The fourth-order valence-corrected chi connectivity index (χ4v) is 8.19. The molecule has 2 aromatic heterocycles. The van der Waals surface area contributed by atoms with Crippen LogP contribution in [0.1, 0.15) is 106 Å². The fourth-order valence-electron chi connectivity index (χ4n) is 8.19. The van der Waals surface area contributed by atoms with Crippen molar-refractivity contribution in [1.82, 2.24) is 40.8 Å². The summed E-state index contributed by atoms with van der Waals surface area (Å²) in [7, 11) is 0. The van der Waals surface area contributed by atoms with E-state index in [2.05, 4.69) is 31.2 Å². The van der Waals surface area contributed by atoms with Crippen LogP contribution < -0.4 is 21.7 Å². The number of fused-ring (bicyclic) bond motifs is 1. The predicted octanol–water partition coefficient (Wildman–Crippen LogP) is 3.53. The second-order valence-electron chi connectivity index (χ2n) is 16.3. The van der Waals surface area contributed by atoms with Crippen molar-refractivity contribution >= 4 is 46.4 Å². The quantitative estimate of drug-likeness (QED) is 0.0630. The first-order valence-electron chi connectivity index (χ1n) is 20.7. The molecule has 4 aromatic rings. The maximum absolute atomic E-state index is 14.9. The smallest absolute Gasteiger partial charge is 0.407 e. The van der Waals surface area contributed by atoms with E-state index in [1.165, 1.54) is 15.8 Å². The number of nitrogens with zero attached hydrogens (tertiary/aromatic N) is 4. The number of rotatable bonds is 18. The summed E-state index contributed by atoms with van der Waals surface area (Å²) in [5.41, 5.74) is 6.32. The maximum atomic E-state index is 14.9. The molecule has 4 atom stereocenters. The van der Waals surface area contributed by atoms with Gasteiger partial charge < -0.3 is 41.4 Å². The summed E-state index contributed by atoms with van der Waals surface area (Å²) in [5.74, 6) is -3.73. The van der Waals surface area contributed by atoms with E-state index in [1.807, 2.05) is 54.6 Å². The van der Waals surface area contributed by atoms with Crippen molar-refractivity contribution in [3.63, 3.8) is 0 Å². The van der Waals surface area contributed by atoms with E-state index in [1.54, 1.807) is 19.9 Å². The van der Waals surface area contributed by atoms with Crippen LogP contribution in [-0.4, -0.2) is 96.7 Å². The molecule has 7 N–H and O–H groups in total. The highest BCUT2D eigenvalue weighted by Gasteiger charge is 2.45. The molecule has 1 aliphatic heterocycles. The number of H-pyrrole nitrogens is 1. The predicted molar refractivity (Wildman–Crippen MR) is 220 cm³/mol. The van der Waals surface area contributed by atoms with Crippen molar-refractivity contribution < 1.29 is 38.6 Å². The Kier molecular flexibility index (Phi) is 14.3. The lowest BCUT2D eigenvalue weighted by atomic mass is 9.84. The summed E-state index contributed by atoms with van der Waals surface area (Å²) in [6, 6.07) is 14.3. The Hall–Kier alpha value is -6.10. The molecule has 0 bridgehead atoms. The number of aromatic nitrogens is 4. The average Bonchev–Trinajstić information content (AvgIpc) is 4.01. The second-order valence-corrected chi connectivity index (χ2v) is 16.3. The van der Waals surface area contributed by atoms with Crippen molar-refractivity contribution in [2.24, 2.45) is 11.7 Å². The number of carbonyl (C=O) groups is 6. The molecule has 1 saturated heterocycles. The minimum Gasteiger partial charge on any atom is -0.445 e. The van der Waals surface area contributed by atoms with E-state index in [-0.39, 0.29) is 44.1 Å². The molecule has 17 nitrogen and oxygen atoms in total. The van der Waals surface area contributed by atoms with Crippen molar-refractivity contribution in [3.05, 3.63) is 83.8 Å². The Morgan fingerprint density at radius 3 is 2.42 bits per heavy atom. The summed E-state index contributed by atoms with van der Waals surface area (Å²) in [5, 5.41) is 28.3. The number of para-hydroxylation sites is 1. The lowest BCUT2D eigenvalue weighted by molar-refractivity contribution is -0.142. The number of unbranched alkanes of at least 4 members (excludes halogenated alkanes) is 1. The van der Waals surface area contributed by atoms with Crippen LogP contribution in [0.3, 0.4) is 0 Å². The first-order valence-corrected chi connectivity index (χ1v) is 20.7. The molecule has 2 aromatic carbocycles. The number of ketones is 1. The second kappa shape index (κ2) is 19.8. The van der Waals surface area contributed by atoms with Crippen LogP contribution in [0, 0.1) is 5.92 Å². The summed E-state index contributed by atoms with van der Waals surface area (Å²) >= 11 is 0. The van der Waals surface area contributed by atoms with Gasteiger partial charge in [0.25, 0.3) is 11.8 Å². The Balaban J connectivity index is 1.19. The number of ether oxygens (including phenoxy) is 1. The van der Waals surface area contributed by atoms with E-state index in [0.29, 0.717) is 25.0 Å². The molecule has 320 valence electrons. The van der Waals surface area contributed by atoms with Crippen molar-refractivity contribution in [2.45, 2.75) is 114 Å². The molecule has 2 fully saturated rings. The lowest BCUT2D eigenvalue weighted by Crippen LogP contribution is -2.56. The molecule has 1 unspecified atom stereocenters. The topological polar surface area (TPSA) is 244 Å². The van der Waals surface area contributed by atoms with Crippen LogP contribution in [0.25, 0.3) is 10.9 Å². The number of hydrogen-bond acceptors (Lipinski definition) is 10. The molecule has 60 heavy (non-hydrogen) atoms. The Labute approximate surface area is 348 Å². The van der Waals surface area contributed by atoms with E-state index in [0.717, 1.165) is 48.6 Å². The third-order valence-electron chi connectivity index (χ3n) is 11.4. The Morgan fingerprint density at radius 2 is 1.70 bits per heavy atom. The average molecular weight is 826 g/mol. The van der Waals surface area contributed by atoms with Gasteiger partial charge in [0.1, 0.15) is 30.0 Å². The maximum Gasteiger partial charge on any atom is 0.407 e. The van der Waals surface area contributed by atoms with Crippen LogP contribution in [0.2, 0.25) is 0 Å². The summed E-state index contributed by atoms with van der Waals surface area (Å²) in [6.07, 6.45) is 6.83. The van der Waals surface area contributed by atoms with Crippen LogP contribution in [-0.2, 0) is 36.1 Å². The SMILES string of the molecule is CC(C)(O)c1cnnn1[C@H]1C[C@@H](C(=O)NC(CCCCNC(=O)OCc2ccccc2)C(=O)C(N)=O)N(C(=O)[C@@H](CC2CCCCC2)NC(=O)c2cc3ccccc3[nH]2)C1. The number of amides is 5. The van der Waals surface area contributed by atoms with E-state index >= 15 is 0 Å².